The Morgan fingerprint density at radius 3 is 2.50 bits per heavy atom. The summed E-state index contributed by atoms with van der Waals surface area (Å²) in [5.74, 6) is -1.52. The number of pyridine rings is 1. The summed E-state index contributed by atoms with van der Waals surface area (Å²) in [6.45, 7) is 0. The van der Waals surface area contributed by atoms with Crippen molar-refractivity contribution in [1.29, 1.82) is 0 Å². The molecule has 3 aromatic rings. The topological polar surface area (TPSA) is 96.4 Å². The predicted molar refractivity (Wildman–Crippen MR) is 104 cm³/mol. The van der Waals surface area contributed by atoms with Crippen molar-refractivity contribution >= 4 is 44.9 Å². The zero-order valence-corrected chi connectivity index (χ0v) is 16.2. The summed E-state index contributed by atoms with van der Waals surface area (Å²) in [5.41, 5.74) is 0.0472. The molecule has 0 aliphatic carbocycles. The highest BCUT2D eigenvalue weighted by Gasteiger charge is 2.19. The Morgan fingerprint density at radius 2 is 1.86 bits per heavy atom. The average molecular weight is 441 g/mol. The van der Waals surface area contributed by atoms with Crippen molar-refractivity contribution in [3.8, 4) is 11.3 Å². The van der Waals surface area contributed by atoms with E-state index in [1.54, 1.807) is 12.1 Å². The highest BCUT2D eigenvalue weighted by molar-refractivity contribution is 7.86. The summed E-state index contributed by atoms with van der Waals surface area (Å²) in [6.07, 6.45) is 1.46. The molecular formula is C18H11Cl2FN2O4S. The summed E-state index contributed by atoms with van der Waals surface area (Å²) in [7, 11) is -4.64. The van der Waals surface area contributed by atoms with Gasteiger partial charge in [-0.3, -0.25) is 14.3 Å². The van der Waals surface area contributed by atoms with E-state index < -0.39 is 26.7 Å². The molecule has 1 heterocycles. The van der Waals surface area contributed by atoms with Crippen LogP contribution in [-0.2, 0) is 10.1 Å². The standard InChI is InChI=1S/C18H11Cl2FN2O4S/c19-11-4-6-15(16(9-11)28(25,26)27)23-18(24)10-3-5-12(14(21)8-10)17-13(20)2-1-7-22-17/h1-9H,(H,23,24)(H,25,26,27). The molecule has 0 radical (unpaired) electrons. The van der Waals surface area contributed by atoms with Crippen LogP contribution in [0.5, 0.6) is 0 Å². The van der Waals surface area contributed by atoms with E-state index in [0.29, 0.717) is 0 Å². The Morgan fingerprint density at radius 1 is 1.11 bits per heavy atom. The van der Waals surface area contributed by atoms with Gasteiger partial charge in [0.25, 0.3) is 16.0 Å². The van der Waals surface area contributed by atoms with Crippen molar-refractivity contribution in [1.82, 2.24) is 4.98 Å². The summed E-state index contributed by atoms with van der Waals surface area (Å²) in [6, 6.07) is 10.3. The molecule has 28 heavy (non-hydrogen) atoms. The lowest BCUT2D eigenvalue weighted by Crippen LogP contribution is -2.15. The first-order valence-corrected chi connectivity index (χ1v) is 9.85. The average Bonchev–Trinajstić information content (AvgIpc) is 2.63. The van der Waals surface area contributed by atoms with Crippen molar-refractivity contribution in [2.45, 2.75) is 4.90 Å². The molecular weight excluding hydrogens is 430 g/mol. The van der Waals surface area contributed by atoms with Gasteiger partial charge in [0.15, 0.2) is 0 Å². The molecule has 0 aliphatic heterocycles. The molecule has 0 bridgehead atoms. The predicted octanol–water partition coefficient (Wildman–Crippen LogP) is 4.69. The Hall–Kier alpha value is -2.52. The Labute approximate surface area is 169 Å². The number of nitrogens with one attached hydrogen (secondary N) is 1. The highest BCUT2D eigenvalue weighted by atomic mass is 35.5. The molecule has 6 nitrogen and oxygen atoms in total. The monoisotopic (exact) mass is 440 g/mol. The van der Waals surface area contributed by atoms with Crippen LogP contribution in [0, 0.1) is 5.82 Å². The third kappa shape index (κ3) is 4.31. The second kappa shape index (κ2) is 7.84. The fraction of sp³-hybridized carbons (Fsp3) is 0. The van der Waals surface area contributed by atoms with Crippen LogP contribution in [0.2, 0.25) is 10.0 Å². The van der Waals surface area contributed by atoms with Gasteiger partial charge in [-0.15, -0.1) is 0 Å². The van der Waals surface area contributed by atoms with E-state index in [-0.39, 0.29) is 32.6 Å². The molecule has 0 unspecified atom stereocenters. The van der Waals surface area contributed by atoms with E-state index in [9.17, 15) is 22.2 Å². The SMILES string of the molecule is O=C(Nc1ccc(Cl)cc1S(=O)(=O)O)c1ccc(-c2ncccc2Cl)c(F)c1. The molecule has 3 rings (SSSR count). The molecule has 144 valence electrons. The Balaban J connectivity index is 1.93. The summed E-state index contributed by atoms with van der Waals surface area (Å²) < 4.78 is 46.8. The van der Waals surface area contributed by atoms with Crippen molar-refractivity contribution in [2.24, 2.45) is 0 Å². The van der Waals surface area contributed by atoms with Crippen LogP contribution in [-0.4, -0.2) is 23.9 Å². The smallest absolute Gasteiger partial charge is 0.296 e. The van der Waals surface area contributed by atoms with Crippen LogP contribution >= 0.6 is 23.2 Å². The molecule has 0 saturated heterocycles. The molecule has 0 fully saturated rings. The first-order chi connectivity index (χ1) is 13.2. The van der Waals surface area contributed by atoms with Crippen LogP contribution in [0.1, 0.15) is 10.4 Å². The number of hydrogen-bond donors (Lipinski definition) is 2. The van der Waals surface area contributed by atoms with Gasteiger partial charge in [-0.25, -0.2) is 4.39 Å². The van der Waals surface area contributed by atoms with E-state index in [1.165, 1.54) is 30.5 Å². The number of carbonyl (C=O) groups is 1. The first kappa shape index (κ1) is 20.2. The fourth-order valence-electron chi connectivity index (χ4n) is 2.44. The van der Waals surface area contributed by atoms with Gasteiger partial charge in [-0.2, -0.15) is 8.42 Å². The quantitative estimate of drug-likeness (QED) is 0.573. The zero-order valence-electron chi connectivity index (χ0n) is 13.9. The van der Waals surface area contributed by atoms with Crippen molar-refractivity contribution in [3.63, 3.8) is 0 Å². The zero-order chi connectivity index (χ0) is 20.5. The second-order valence-corrected chi connectivity index (χ2v) is 7.83. The lowest BCUT2D eigenvalue weighted by molar-refractivity contribution is 0.102. The maximum absolute atomic E-state index is 14.5. The van der Waals surface area contributed by atoms with Gasteiger partial charge in [-0.1, -0.05) is 23.2 Å². The van der Waals surface area contributed by atoms with Crippen molar-refractivity contribution < 1.29 is 22.2 Å². The fourth-order valence-corrected chi connectivity index (χ4v) is 3.57. The molecule has 2 N–H and O–H groups in total. The minimum Gasteiger partial charge on any atom is -0.321 e. The third-order valence-electron chi connectivity index (χ3n) is 3.71. The van der Waals surface area contributed by atoms with Crippen LogP contribution in [0.3, 0.4) is 0 Å². The second-order valence-electron chi connectivity index (χ2n) is 5.60. The largest absolute Gasteiger partial charge is 0.321 e. The van der Waals surface area contributed by atoms with Crippen molar-refractivity contribution in [2.75, 3.05) is 5.32 Å². The maximum atomic E-state index is 14.5. The summed E-state index contributed by atoms with van der Waals surface area (Å²) in [4.78, 5) is 15.9. The first-order valence-electron chi connectivity index (χ1n) is 7.65. The van der Waals surface area contributed by atoms with Crippen LogP contribution in [0.4, 0.5) is 10.1 Å². The molecule has 0 atom stereocenters. The number of benzene rings is 2. The molecule has 2 aromatic carbocycles. The van der Waals surface area contributed by atoms with E-state index in [2.05, 4.69) is 10.3 Å². The molecule has 0 aliphatic rings. The normalized spacial score (nSPS) is 11.3. The Bertz CT molecular complexity index is 1190. The van der Waals surface area contributed by atoms with Gasteiger partial charge < -0.3 is 5.32 Å². The number of amides is 1. The number of anilines is 1. The van der Waals surface area contributed by atoms with Crippen LogP contribution < -0.4 is 5.32 Å². The number of hydrogen-bond acceptors (Lipinski definition) is 4. The maximum Gasteiger partial charge on any atom is 0.296 e. The van der Waals surface area contributed by atoms with Gasteiger partial charge in [-0.05, 0) is 48.5 Å². The Kier molecular flexibility index (Phi) is 5.66. The van der Waals surface area contributed by atoms with E-state index in [1.807, 2.05) is 0 Å². The van der Waals surface area contributed by atoms with Gasteiger partial charge in [0.2, 0.25) is 0 Å². The molecule has 0 spiro atoms. The van der Waals surface area contributed by atoms with E-state index >= 15 is 0 Å². The third-order valence-corrected chi connectivity index (χ3v) is 5.15. The van der Waals surface area contributed by atoms with Gasteiger partial charge in [0.1, 0.15) is 10.7 Å². The number of rotatable bonds is 4. The minimum atomic E-state index is -4.64. The minimum absolute atomic E-state index is 0.0493. The molecule has 10 heteroatoms. The number of halogens is 3. The highest BCUT2D eigenvalue weighted by Crippen LogP contribution is 2.29. The molecule has 1 amide bonds. The number of carbonyl (C=O) groups excluding carboxylic acids is 1. The summed E-state index contributed by atoms with van der Waals surface area (Å²) in [5, 5.41) is 2.61. The molecule has 1 aromatic heterocycles. The van der Waals surface area contributed by atoms with Crippen LogP contribution in [0.15, 0.2) is 59.6 Å². The number of aromatic nitrogens is 1. The summed E-state index contributed by atoms with van der Waals surface area (Å²) >= 11 is 11.7. The lowest BCUT2D eigenvalue weighted by atomic mass is 10.1. The molecule has 0 saturated carbocycles. The van der Waals surface area contributed by atoms with Crippen molar-refractivity contribution in [3.05, 3.63) is 76.2 Å². The van der Waals surface area contributed by atoms with E-state index in [0.717, 1.165) is 12.1 Å². The van der Waals surface area contributed by atoms with Crippen LogP contribution in [0.25, 0.3) is 11.3 Å². The van der Waals surface area contributed by atoms with Gasteiger partial charge >= 0.3 is 0 Å². The van der Waals surface area contributed by atoms with Gasteiger partial charge in [0.05, 0.1) is 16.4 Å². The van der Waals surface area contributed by atoms with E-state index in [4.69, 9.17) is 23.2 Å². The lowest BCUT2D eigenvalue weighted by Gasteiger charge is -2.11. The number of nitrogens with zero attached hydrogens (tertiary/aromatic N) is 1. The van der Waals surface area contributed by atoms with Gasteiger partial charge in [0, 0.05) is 22.3 Å².